The second kappa shape index (κ2) is 7.24. The Bertz CT molecular complexity index is 1140. The molecule has 1 aromatic carbocycles. The number of nitrogens with two attached hydrogens (primary N) is 1. The Labute approximate surface area is 181 Å². The molecule has 2 fully saturated rings. The number of benzene rings is 1. The molecule has 4 aliphatic rings. The number of aliphatic hydroxyl groups is 1. The Hall–Kier alpha value is -3.11. The molecule has 31 heavy (non-hydrogen) atoms. The second-order valence-corrected chi connectivity index (χ2v) is 8.91. The topological polar surface area (TPSA) is 110 Å². The minimum atomic E-state index is -0.920. The normalized spacial score (nSPS) is 22.6. The van der Waals surface area contributed by atoms with Crippen LogP contribution in [0.1, 0.15) is 89.0 Å². The fraction of sp³-hybridized carbons (Fsp3) is 0.458. The van der Waals surface area contributed by atoms with Crippen LogP contribution in [0.3, 0.4) is 0 Å². The molecule has 160 valence electrons. The average molecular weight is 418 g/mol. The van der Waals surface area contributed by atoms with Crippen LogP contribution in [0.25, 0.3) is 11.4 Å². The van der Waals surface area contributed by atoms with E-state index in [0.717, 1.165) is 48.8 Å². The fourth-order valence-electron chi connectivity index (χ4n) is 5.17. The fourth-order valence-corrected chi connectivity index (χ4v) is 5.17. The van der Waals surface area contributed by atoms with Gasteiger partial charge in [-0.1, -0.05) is 24.3 Å². The summed E-state index contributed by atoms with van der Waals surface area (Å²) in [5.41, 5.74) is 7.70. The number of primary amides is 1. The molecule has 2 bridgehead atoms. The molecular formula is C24H26N4O3. The second-order valence-electron chi connectivity index (χ2n) is 8.91. The van der Waals surface area contributed by atoms with E-state index in [0.29, 0.717) is 24.6 Å². The predicted molar refractivity (Wildman–Crippen MR) is 115 cm³/mol. The summed E-state index contributed by atoms with van der Waals surface area (Å²) >= 11 is 0. The molecule has 0 unspecified atom stereocenters. The van der Waals surface area contributed by atoms with Gasteiger partial charge in [-0.3, -0.25) is 9.59 Å². The number of hydrogen-bond acceptors (Lipinski definition) is 4. The number of hydrogen-bond donors (Lipinski definition) is 3. The van der Waals surface area contributed by atoms with Crippen molar-refractivity contribution in [3.8, 4) is 23.2 Å². The van der Waals surface area contributed by atoms with Crippen molar-refractivity contribution in [3.63, 3.8) is 0 Å². The maximum absolute atomic E-state index is 12.6. The maximum Gasteiger partial charge on any atom is 0.270 e. The van der Waals surface area contributed by atoms with Gasteiger partial charge < -0.3 is 20.7 Å². The van der Waals surface area contributed by atoms with Gasteiger partial charge in [0.1, 0.15) is 17.1 Å². The number of carbonyl (C=O) groups excluding carboxylic acids is 2. The number of rotatable bonds is 2. The van der Waals surface area contributed by atoms with Crippen LogP contribution in [0, 0.1) is 11.8 Å². The van der Waals surface area contributed by atoms with Crippen molar-refractivity contribution in [2.75, 3.05) is 7.05 Å². The van der Waals surface area contributed by atoms with E-state index in [1.165, 1.54) is 7.05 Å². The van der Waals surface area contributed by atoms with E-state index in [4.69, 9.17) is 5.73 Å². The summed E-state index contributed by atoms with van der Waals surface area (Å²) in [6.07, 6.45) is 6.33. The van der Waals surface area contributed by atoms with Gasteiger partial charge in [0.15, 0.2) is 5.69 Å². The number of imidazole rings is 1. The minimum absolute atomic E-state index is 0.00125. The SMILES string of the molecule is CNC(=O)c1c(C(N)=O)nc2n1C1CC(C1)c1ccc(C#CC3(O)CCCCC3)cc1-2. The number of nitrogens with zero attached hydrogens (tertiary/aromatic N) is 2. The molecule has 7 nitrogen and oxygen atoms in total. The van der Waals surface area contributed by atoms with Crippen molar-refractivity contribution < 1.29 is 14.7 Å². The zero-order valence-electron chi connectivity index (χ0n) is 17.6. The lowest BCUT2D eigenvalue weighted by atomic mass is 9.75. The first-order chi connectivity index (χ1) is 14.9. The molecule has 0 atom stereocenters. The first-order valence-electron chi connectivity index (χ1n) is 10.9. The number of carbonyl (C=O) groups is 2. The Morgan fingerprint density at radius 3 is 2.68 bits per heavy atom. The van der Waals surface area contributed by atoms with E-state index in [9.17, 15) is 14.7 Å². The third-order valence-corrected chi connectivity index (χ3v) is 6.92. The van der Waals surface area contributed by atoms with Crippen LogP contribution in [-0.4, -0.2) is 39.1 Å². The van der Waals surface area contributed by atoms with E-state index >= 15 is 0 Å². The lowest BCUT2D eigenvalue weighted by Gasteiger charge is -2.35. The molecule has 6 rings (SSSR count). The van der Waals surface area contributed by atoms with Crippen molar-refractivity contribution in [2.45, 2.75) is 62.5 Å². The van der Waals surface area contributed by atoms with Gasteiger partial charge in [0.2, 0.25) is 0 Å². The van der Waals surface area contributed by atoms with Gasteiger partial charge in [0.05, 0.1) is 0 Å². The Balaban J connectivity index is 1.63. The van der Waals surface area contributed by atoms with Gasteiger partial charge >= 0.3 is 0 Å². The van der Waals surface area contributed by atoms with Crippen molar-refractivity contribution in [1.82, 2.24) is 14.9 Å². The molecule has 1 aromatic heterocycles. The van der Waals surface area contributed by atoms with Crippen LogP contribution >= 0.6 is 0 Å². The van der Waals surface area contributed by atoms with Crippen LogP contribution in [0.2, 0.25) is 0 Å². The van der Waals surface area contributed by atoms with E-state index < -0.39 is 11.5 Å². The highest BCUT2D eigenvalue weighted by molar-refractivity contribution is 6.05. The van der Waals surface area contributed by atoms with Crippen LogP contribution in [0.4, 0.5) is 0 Å². The van der Waals surface area contributed by atoms with E-state index in [-0.39, 0.29) is 23.3 Å². The highest BCUT2D eigenvalue weighted by Gasteiger charge is 2.42. The molecule has 4 N–H and O–H groups in total. The quantitative estimate of drug-likeness (QED) is 0.651. The summed E-state index contributed by atoms with van der Waals surface area (Å²) in [7, 11) is 1.53. The van der Waals surface area contributed by atoms with Gasteiger partial charge in [-0.15, -0.1) is 0 Å². The molecule has 2 aromatic rings. The van der Waals surface area contributed by atoms with E-state index in [2.05, 4.69) is 28.2 Å². The zero-order chi connectivity index (χ0) is 21.8. The van der Waals surface area contributed by atoms with Gasteiger partial charge in [-0.05, 0) is 62.1 Å². The van der Waals surface area contributed by atoms with Crippen LogP contribution in [0.15, 0.2) is 18.2 Å². The van der Waals surface area contributed by atoms with E-state index in [1.54, 1.807) is 0 Å². The Morgan fingerprint density at radius 2 is 2.00 bits per heavy atom. The highest BCUT2D eigenvalue weighted by Crippen LogP contribution is 2.52. The van der Waals surface area contributed by atoms with Gasteiger partial charge in [0.25, 0.3) is 11.8 Å². The summed E-state index contributed by atoms with van der Waals surface area (Å²) < 4.78 is 1.88. The molecule has 0 saturated heterocycles. The number of amides is 2. The summed E-state index contributed by atoms with van der Waals surface area (Å²) in [5.74, 6) is 6.14. The summed E-state index contributed by atoms with van der Waals surface area (Å²) in [6, 6.07) is 6.13. The highest BCUT2D eigenvalue weighted by atomic mass is 16.3. The predicted octanol–water partition coefficient (Wildman–Crippen LogP) is 2.49. The van der Waals surface area contributed by atoms with Crippen LogP contribution in [0.5, 0.6) is 0 Å². The molecule has 2 aliphatic heterocycles. The van der Waals surface area contributed by atoms with Gasteiger partial charge in [0, 0.05) is 24.2 Å². The Kier molecular flexibility index (Phi) is 4.63. The minimum Gasteiger partial charge on any atom is -0.378 e. The number of nitrogens with one attached hydrogen (secondary N) is 1. The summed E-state index contributed by atoms with van der Waals surface area (Å²) in [5, 5.41) is 13.3. The summed E-state index contributed by atoms with van der Waals surface area (Å²) in [6.45, 7) is 0. The smallest absolute Gasteiger partial charge is 0.270 e. The first-order valence-corrected chi connectivity index (χ1v) is 10.9. The zero-order valence-corrected chi connectivity index (χ0v) is 17.6. The molecule has 0 spiro atoms. The monoisotopic (exact) mass is 418 g/mol. The molecule has 2 amide bonds. The lowest BCUT2D eigenvalue weighted by molar-refractivity contribution is 0.0610. The van der Waals surface area contributed by atoms with E-state index in [1.807, 2.05) is 16.7 Å². The van der Waals surface area contributed by atoms with Crippen molar-refractivity contribution in [3.05, 3.63) is 40.7 Å². The molecule has 2 saturated carbocycles. The average Bonchev–Trinajstić information content (AvgIpc) is 3.01. The third-order valence-electron chi connectivity index (χ3n) is 6.92. The molecule has 2 aliphatic carbocycles. The van der Waals surface area contributed by atoms with Crippen molar-refractivity contribution in [1.29, 1.82) is 0 Å². The van der Waals surface area contributed by atoms with Crippen LogP contribution < -0.4 is 11.1 Å². The van der Waals surface area contributed by atoms with Crippen molar-refractivity contribution >= 4 is 11.8 Å². The molecular weight excluding hydrogens is 392 g/mol. The third kappa shape index (κ3) is 3.22. The largest absolute Gasteiger partial charge is 0.378 e. The molecule has 0 radical (unpaired) electrons. The Morgan fingerprint density at radius 1 is 1.26 bits per heavy atom. The first kappa shape index (κ1) is 19.8. The van der Waals surface area contributed by atoms with Crippen molar-refractivity contribution in [2.24, 2.45) is 5.73 Å². The molecule has 3 heterocycles. The maximum atomic E-state index is 12.6. The van der Waals surface area contributed by atoms with Gasteiger partial charge in [-0.2, -0.15) is 0 Å². The van der Waals surface area contributed by atoms with Gasteiger partial charge in [-0.25, -0.2) is 4.98 Å². The number of aromatic nitrogens is 2. The van der Waals surface area contributed by atoms with Crippen LogP contribution in [-0.2, 0) is 0 Å². The standard InChI is InChI=1S/C24H26N4O3/c1-26-23(30)20-19(21(25)29)27-22-18-11-14(7-10-24(31)8-3-2-4-9-24)5-6-17(18)15-12-16(13-15)28(20)22/h5-6,11,15-16,31H,2-4,8-9,12-13H2,1H3,(H2,25,29)(H,26,30). The lowest BCUT2D eigenvalue weighted by Crippen LogP contribution is -2.30. The molecule has 7 heteroatoms. The summed E-state index contributed by atoms with van der Waals surface area (Å²) in [4.78, 5) is 29.2.